The number of carbonyl (C=O) groups is 2. The zero-order valence-corrected chi connectivity index (χ0v) is 17.2. The van der Waals surface area contributed by atoms with Gasteiger partial charge in [0.25, 0.3) is 0 Å². The average Bonchev–Trinajstić information content (AvgIpc) is 3.36. The van der Waals surface area contributed by atoms with Gasteiger partial charge in [-0.25, -0.2) is 0 Å². The average molecular weight is 401 g/mol. The van der Waals surface area contributed by atoms with Crippen molar-refractivity contribution in [3.63, 3.8) is 0 Å². The summed E-state index contributed by atoms with van der Waals surface area (Å²) in [5.41, 5.74) is 1.03. The third kappa shape index (κ3) is 4.81. The van der Waals surface area contributed by atoms with Crippen molar-refractivity contribution in [3.8, 4) is 0 Å². The third-order valence-electron chi connectivity index (χ3n) is 7.01. The fraction of sp³-hybridized carbons (Fsp3) is 0.652. The molecule has 6 heteroatoms. The zero-order chi connectivity index (χ0) is 20.2. The Morgan fingerprint density at radius 3 is 2.52 bits per heavy atom. The van der Waals surface area contributed by atoms with E-state index in [9.17, 15) is 9.59 Å². The normalized spacial score (nSPS) is 29.7. The molecule has 1 heterocycles. The molecule has 29 heavy (non-hydrogen) atoms. The molecule has 1 saturated heterocycles. The molecule has 2 bridgehead atoms. The van der Waals surface area contributed by atoms with Crippen LogP contribution in [0, 0.1) is 17.8 Å². The number of piperidine rings is 1. The SMILES string of the molecule is COC(=O)CN1CCC(NC2C3CCC(C3)C2C(=O)OCc2ccccc2)CC1. The Morgan fingerprint density at radius 1 is 1.07 bits per heavy atom. The molecule has 0 amide bonds. The minimum absolute atomic E-state index is 0.0226. The molecular formula is C23H32N2O4. The summed E-state index contributed by atoms with van der Waals surface area (Å²) in [4.78, 5) is 26.6. The first-order valence-electron chi connectivity index (χ1n) is 10.9. The van der Waals surface area contributed by atoms with Crippen molar-refractivity contribution in [2.45, 2.75) is 50.8 Å². The van der Waals surface area contributed by atoms with Crippen molar-refractivity contribution >= 4 is 11.9 Å². The largest absolute Gasteiger partial charge is 0.468 e. The highest BCUT2D eigenvalue weighted by Crippen LogP contribution is 2.49. The number of rotatable bonds is 7. The topological polar surface area (TPSA) is 67.9 Å². The van der Waals surface area contributed by atoms with Crippen molar-refractivity contribution in [1.29, 1.82) is 0 Å². The second-order valence-electron chi connectivity index (χ2n) is 8.77. The molecule has 1 aromatic carbocycles. The van der Waals surface area contributed by atoms with Gasteiger partial charge in [0, 0.05) is 25.2 Å². The van der Waals surface area contributed by atoms with Gasteiger partial charge in [0.15, 0.2) is 0 Å². The maximum absolute atomic E-state index is 12.9. The van der Waals surface area contributed by atoms with Crippen LogP contribution in [0.5, 0.6) is 0 Å². The van der Waals surface area contributed by atoms with Gasteiger partial charge in [0.1, 0.15) is 6.61 Å². The Labute approximate surface area is 172 Å². The van der Waals surface area contributed by atoms with Gasteiger partial charge in [-0.2, -0.15) is 0 Å². The molecule has 4 rings (SSSR count). The lowest BCUT2D eigenvalue weighted by atomic mass is 9.83. The van der Waals surface area contributed by atoms with Gasteiger partial charge in [0.2, 0.25) is 0 Å². The van der Waals surface area contributed by atoms with Crippen LogP contribution in [0.2, 0.25) is 0 Å². The smallest absolute Gasteiger partial charge is 0.319 e. The Hall–Kier alpha value is -1.92. The molecule has 0 aromatic heterocycles. The molecule has 158 valence electrons. The Bertz CT molecular complexity index is 702. The zero-order valence-electron chi connectivity index (χ0n) is 17.2. The van der Waals surface area contributed by atoms with E-state index < -0.39 is 0 Å². The first-order chi connectivity index (χ1) is 14.1. The van der Waals surface area contributed by atoms with Gasteiger partial charge in [0.05, 0.1) is 19.6 Å². The van der Waals surface area contributed by atoms with E-state index in [1.807, 2.05) is 30.3 Å². The molecule has 4 unspecified atom stereocenters. The highest BCUT2D eigenvalue weighted by Gasteiger charge is 2.52. The Morgan fingerprint density at radius 2 is 1.79 bits per heavy atom. The maximum atomic E-state index is 12.9. The van der Waals surface area contributed by atoms with E-state index in [0.717, 1.165) is 44.3 Å². The molecular weight excluding hydrogens is 368 g/mol. The maximum Gasteiger partial charge on any atom is 0.319 e. The van der Waals surface area contributed by atoms with Crippen LogP contribution in [0.15, 0.2) is 30.3 Å². The van der Waals surface area contributed by atoms with Crippen LogP contribution in [0.4, 0.5) is 0 Å². The highest BCUT2D eigenvalue weighted by atomic mass is 16.5. The summed E-state index contributed by atoms with van der Waals surface area (Å²) in [5.74, 6) is 0.806. The molecule has 2 saturated carbocycles. The number of carbonyl (C=O) groups excluding carboxylic acids is 2. The fourth-order valence-electron chi connectivity index (χ4n) is 5.47. The van der Waals surface area contributed by atoms with Crippen LogP contribution in [0.1, 0.15) is 37.7 Å². The molecule has 1 aliphatic heterocycles. The number of ether oxygens (including phenoxy) is 2. The van der Waals surface area contributed by atoms with E-state index in [-0.39, 0.29) is 23.9 Å². The van der Waals surface area contributed by atoms with E-state index in [4.69, 9.17) is 9.47 Å². The summed E-state index contributed by atoms with van der Waals surface area (Å²) in [6, 6.07) is 10.5. The van der Waals surface area contributed by atoms with E-state index in [0.29, 0.717) is 31.0 Å². The monoisotopic (exact) mass is 400 g/mol. The van der Waals surface area contributed by atoms with Crippen molar-refractivity contribution < 1.29 is 19.1 Å². The van der Waals surface area contributed by atoms with Crippen molar-refractivity contribution in [2.24, 2.45) is 17.8 Å². The summed E-state index contributed by atoms with van der Waals surface area (Å²) in [6.07, 6.45) is 5.49. The lowest BCUT2D eigenvalue weighted by Crippen LogP contribution is -2.52. The van der Waals surface area contributed by atoms with Crippen LogP contribution in [-0.4, -0.2) is 55.7 Å². The Kier molecular flexibility index (Phi) is 6.50. The first-order valence-corrected chi connectivity index (χ1v) is 10.9. The predicted molar refractivity (Wildman–Crippen MR) is 109 cm³/mol. The van der Waals surface area contributed by atoms with Gasteiger partial charge < -0.3 is 14.8 Å². The van der Waals surface area contributed by atoms with Crippen LogP contribution in [0.3, 0.4) is 0 Å². The van der Waals surface area contributed by atoms with Gasteiger partial charge >= 0.3 is 11.9 Å². The van der Waals surface area contributed by atoms with E-state index in [1.54, 1.807) is 0 Å². The van der Waals surface area contributed by atoms with Crippen molar-refractivity contribution in [1.82, 2.24) is 10.2 Å². The number of hydrogen-bond acceptors (Lipinski definition) is 6. The minimum Gasteiger partial charge on any atom is -0.468 e. The molecule has 4 atom stereocenters. The number of nitrogens with zero attached hydrogens (tertiary/aromatic N) is 1. The Balaban J connectivity index is 1.30. The van der Waals surface area contributed by atoms with Gasteiger partial charge in [-0.1, -0.05) is 30.3 Å². The number of methoxy groups -OCH3 is 1. The number of fused-ring (bicyclic) bond motifs is 2. The van der Waals surface area contributed by atoms with Crippen molar-refractivity contribution in [3.05, 3.63) is 35.9 Å². The number of likely N-dealkylation sites (tertiary alicyclic amines) is 1. The van der Waals surface area contributed by atoms with Crippen molar-refractivity contribution in [2.75, 3.05) is 26.7 Å². The van der Waals surface area contributed by atoms with E-state index in [2.05, 4.69) is 10.2 Å². The van der Waals surface area contributed by atoms with E-state index in [1.165, 1.54) is 13.5 Å². The van der Waals surface area contributed by atoms with Gasteiger partial charge in [-0.05, 0) is 49.5 Å². The summed E-state index contributed by atoms with van der Waals surface area (Å²) in [6.45, 7) is 2.49. The van der Waals surface area contributed by atoms with Crippen LogP contribution >= 0.6 is 0 Å². The standard InChI is InChI=1S/C23H32N2O4/c1-28-20(26)14-25-11-9-19(10-12-25)24-22-18-8-7-17(13-18)21(22)23(27)29-15-16-5-3-2-4-6-16/h2-6,17-19,21-22,24H,7-15H2,1H3. The molecule has 1 N–H and O–H groups in total. The minimum atomic E-state index is -0.175. The van der Waals surface area contributed by atoms with Crippen LogP contribution in [-0.2, 0) is 25.7 Å². The molecule has 3 fully saturated rings. The molecule has 6 nitrogen and oxygen atoms in total. The highest BCUT2D eigenvalue weighted by molar-refractivity contribution is 5.74. The molecule has 0 radical (unpaired) electrons. The van der Waals surface area contributed by atoms with Gasteiger partial charge in [-0.15, -0.1) is 0 Å². The molecule has 1 aromatic rings. The lowest BCUT2D eigenvalue weighted by molar-refractivity contribution is -0.153. The van der Waals surface area contributed by atoms with Crippen LogP contribution in [0.25, 0.3) is 0 Å². The quantitative estimate of drug-likeness (QED) is 0.709. The summed E-state index contributed by atoms with van der Waals surface area (Å²) >= 11 is 0. The molecule has 3 aliphatic rings. The number of benzene rings is 1. The predicted octanol–water partition coefficient (Wildman–Crippen LogP) is 2.37. The second kappa shape index (κ2) is 9.26. The third-order valence-corrected chi connectivity index (χ3v) is 7.01. The number of esters is 2. The second-order valence-corrected chi connectivity index (χ2v) is 8.77. The first kappa shape index (κ1) is 20.4. The summed E-state index contributed by atoms with van der Waals surface area (Å²) < 4.78 is 10.5. The summed E-state index contributed by atoms with van der Waals surface area (Å²) in [7, 11) is 1.43. The number of hydrogen-bond donors (Lipinski definition) is 1. The van der Waals surface area contributed by atoms with E-state index >= 15 is 0 Å². The molecule has 0 spiro atoms. The lowest BCUT2D eigenvalue weighted by Gasteiger charge is -2.37. The van der Waals surface area contributed by atoms with Gasteiger partial charge in [-0.3, -0.25) is 14.5 Å². The number of nitrogens with one attached hydrogen (secondary N) is 1. The summed E-state index contributed by atoms with van der Waals surface area (Å²) in [5, 5.41) is 3.82. The molecule has 2 aliphatic carbocycles. The fourth-order valence-corrected chi connectivity index (χ4v) is 5.47. The van der Waals surface area contributed by atoms with Crippen LogP contribution < -0.4 is 5.32 Å².